The second-order valence-corrected chi connectivity index (χ2v) is 6.08. The number of hydrogen-bond acceptors (Lipinski definition) is 4. The van der Waals surface area contributed by atoms with E-state index in [4.69, 9.17) is 5.73 Å². The van der Waals surface area contributed by atoms with E-state index in [2.05, 4.69) is 9.80 Å². The molecule has 0 bridgehead atoms. The van der Waals surface area contributed by atoms with Crippen LogP contribution in [-0.4, -0.2) is 54.9 Å². The van der Waals surface area contributed by atoms with Gasteiger partial charge in [-0.15, -0.1) is 0 Å². The van der Waals surface area contributed by atoms with Crippen LogP contribution in [0.3, 0.4) is 0 Å². The number of para-hydroxylation sites is 1. The van der Waals surface area contributed by atoms with Crippen molar-refractivity contribution in [2.24, 2.45) is 5.73 Å². The van der Waals surface area contributed by atoms with Gasteiger partial charge in [0.05, 0.1) is 11.3 Å². The highest BCUT2D eigenvalue weighted by Crippen LogP contribution is 2.20. The largest absolute Gasteiger partial charge is 0.389 e. The second-order valence-electron chi connectivity index (χ2n) is 6.08. The van der Waals surface area contributed by atoms with Crippen LogP contribution < -0.4 is 10.6 Å². The van der Waals surface area contributed by atoms with Gasteiger partial charge in [-0.05, 0) is 38.4 Å². The van der Waals surface area contributed by atoms with Gasteiger partial charge in [0, 0.05) is 32.7 Å². The Bertz CT molecular complexity index is 445. The first-order chi connectivity index (χ1) is 10.0. The first kappa shape index (κ1) is 16.2. The minimum Gasteiger partial charge on any atom is -0.389 e. The van der Waals surface area contributed by atoms with E-state index < -0.39 is 5.60 Å². The molecule has 0 aromatic heterocycles. The molecule has 1 saturated heterocycles. The predicted molar refractivity (Wildman–Crippen MR) is 84.0 cm³/mol. The molecule has 1 atom stereocenters. The van der Waals surface area contributed by atoms with Crippen LogP contribution in [-0.2, 0) is 0 Å². The van der Waals surface area contributed by atoms with Crippen molar-refractivity contribution in [1.29, 1.82) is 0 Å². The molecule has 1 aliphatic rings. The number of hydrogen-bond donors (Lipinski definition) is 2. The van der Waals surface area contributed by atoms with Crippen molar-refractivity contribution in [2.75, 3.05) is 44.2 Å². The Morgan fingerprint density at radius 1 is 1.24 bits per heavy atom. The van der Waals surface area contributed by atoms with Crippen molar-refractivity contribution >= 4 is 5.69 Å². The lowest BCUT2D eigenvalue weighted by atomic mass is 10.0. The second kappa shape index (κ2) is 7.20. The SMILES string of the molecule is CC(O)(CN)CCCN1CCN(c2ccccc2F)CC1. The van der Waals surface area contributed by atoms with Crippen LogP contribution in [0.5, 0.6) is 0 Å². The van der Waals surface area contributed by atoms with Gasteiger partial charge in [0.2, 0.25) is 0 Å². The van der Waals surface area contributed by atoms with E-state index >= 15 is 0 Å². The maximum atomic E-state index is 13.7. The Morgan fingerprint density at radius 2 is 1.90 bits per heavy atom. The Labute approximate surface area is 126 Å². The number of aliphatic hydroxyl groups is 1. The van der Waals surface area contributed by atoms with E-state index in [1.807, 2.05) is 12.1 Å². The molecule has 4 nitrogen and oxygen atoms in total. The quantitative estimate of drug-likeness (QED) is 0.834. The minimum atomic E-state index is -0.755. The summed E-state index contributed by atoms with van der Waals surface area (Å²) in [6.07, 6.45) is 1.65. The fraction of sp³-hybridized carbons (Fsp3) is 0.625. The Kier molecular flexibility index (Phi) is 5.56. The highest BCUT2D eigenvalue weighted by Gasteiger charge is 2.21. The molecule has 0 spiro atoms. The zero-order valence-corrected chi connectivity index (χ0v) is 12.8. The maximum Gasteiger partial charge on any atom is 0.146 e. The molecule has 1 aromatic carbocycles. The summed E-state index contributed by atoms with van der Waals surface area (Å²) in [4.78, 5) is 4.46. The number of benzene rings is 1. The highest BCUT2D eigenvalue weighted by molar-refractivity contribution is 5.47. The molecule has 1 heterocycles. The van der Waals surface area contributed by atoms with Gasteiger partial charge in [-0.2, -0.15) is 0 Å². The minimum absolute atomic E-state index is 0.148. The summed E-state index contributed by atoms with van der Waals surface area (Å²) in [6, 6.07) is 6.94. The van der Waals surface area contributed by atoms with E-state index in [1.165, 1.54) is 6.07 Å². The Morgan fingerprint density at radius 3 is 2.52 bits per heavy atom. The van der Waals surface area contributed by atoms with Crippen molar-refractivity contribution in [3.05, 3.63) is 30.1 Å². The lowest BCUT2D eigenvalue weighted by Crippen LogP contribution is -2.47. The standard InChI is InChI=1S/C16H26FN3O/c1-16(21,13-18)7-4-8-19-9-11-20(12-10-19)15-6-3-2-5-14(15)17/h2-3,5-6,21H,4,7-13,18H2,1H3. The molecule has 0 aliphatic carbocycles. The third-order valence-electron chi connectivity index (χ3n) is 4.19. The van der Waals surface area contributed by atoms with E-state index in [0.717, 1.165) is 45.6 Å². The summed E-state index contributed by atoms with van der Waals surface area (Å²) < 4.78 is 13.7. The molecule has 5 heteroatoms. The van der Waals surface area contributed by atoms with Crippen LogP contribution in [0, 0.1) is 5.82 Å². The number of piperazine rings is 1. The normalized spacial score (nSPS) is 19.5. The maximum absolute atomic E-state index is 13.7. The van der Waals surface area contributed by atoms with Crippen molar-refractivity contribution in [3.63, 3.8) is 0 Å². The van der Waals surface area contributed by atoms with Gasteiger partial charge in [-0.3, -0.25) is 4.90 Å². The summed E-state index contributed by atoms with van der Waals surface area (Å²) in [7, 11) is 0. The molecule has 2 rings (SSSR count). The lowest BCUT2D eigenvalue weighted by Gasteiger charge is -2.36. The monoisotopic (exact) mass is 295 g/mol. The van der Waals surface area contributed by atoms with Crippen LogP contribution in [0.2, 0.25) is 0 Å². The zero-order valence-electron chi connectivity index (χ0n) is 12.8. The summed E-state index contributed by atoms with van der Waals surface area (Å²) in [5, 5.41) is 9.88. The van der Waals surface area contributed by atoms with Gasteiger partial charge in [-0.1, -0.05) is 12.1 Å². The van der Waals surface area contributed by atoms with Gasteiger partial charge in [0.1, 0.15) is 5.82 Å². The Hall–Kier alpha value is -1.17. The molecule has 1 unspecified atom stereocenters. The fourth-order valence-corrected chi connectivity index (χ4v) is 2.71. The van der Waals surface area contributed by atoms with E-state index in [9.17, 15) is 9.50 Å². The molecule has 118 valence electrons. The van der Waals surface area contributed by atoms with Crippen LogP contribution >= 0.6 is 0 Å². The van der Waals surface area contributed by atoms with Gasteiger partial charge in [0.25, 0.3) is 0 Å². The fourth-order valence-electron chi connectivity index (χ4n) is 2.71. The molecule has 0 radical (unpaired) electrons. The summed E-state index contributed by atoms with van der Waals surface area (Å²) in [6.45, 7) is 6.58. The predicted octanol–water partition coefficient (Wildman–Crippen LogP) is 1.44. The molecule has 21 heavy (non-hydrogen) atoms. The first-order valence-corrected chi connectivity index (χ1v) is 7.66. The van der Waals surface area contributed by atoms with Crippen molar-refractivity contribution < 1.29 is 9.50 Å². The van der Waals surface area contributed by atoms with Gasteiger partial charge < -0.3 is 15.7 Å². The van der Waals surface area contributed by atoms with Crippen LogP contribution in [0.25, 0.3) is 0 Å². The summed E-state index contributed by atoms with van der Waals surface area (Å²) in [5.74, 6) is -0.148. The molecule has 0 saturated carbocycles. The Balaban J connectivity index is 1.75. The number of nitrogens with zero attached hydrogens (tertiary/aromatic N) is 2. The smallest absolute Gasteiger partial charge is 0.146 e. The molecule has 1 aliphatic heterocycles. The lowest BCUT2D eigenvalue weighted by molar-refractivity contribution is 0.0541. The number of nitrogens with two attached hydrogens (primary N) is 1. The van der Waals surface area contributed by atoms with Crippen LogP contribution in [0.1, 0.15) is 19.8 Å². The summed E-state index contributed by atoms with van der Waals surface area (Å²) >= 11 is 0. The molecule has 1 aromatic rings. The third kappa shape index (κ3) is 4.66. The number of rotatable bonds is 6. The van der Waals surface area contributed by atoms with Gasteiger partial charge >= 0.3 is 0 Å². The topological polar surface area (TPSA) is 52.7 Å². The zero-order chi connectivity index (χ0) is 15.3. The number of anilines is 1. The average Bonchev–Trinajstić information content (AvgIpc) is 2.48. The van der Waals surface area contributed by atoms with Crippen molar-refractivity contribution in [1.82, 2.24) is 4.90 Å². The van der Waals surface area contributed by atoms with Crippen molar-refractivity contribution in [2.45, 2.75) is 25.4 Å². The van der Waals surface area contributed by atoms with E-state index in [-0.39, 0.29) is 5.82 Å². The average molecular weight is 295 g/mol. The molecular formula is C16H26FN3O. The summed E-state index contributed by atoms with van der Waals surface area (Å²) in [5.41, 5.74) is 5.46. The van der Waals surface area contributed by atoms with Gasteiger partial charge in [0.15, 0.2) is 0 Å². The molecule has 1 fully saturated rings. The molecule has 0 amide bonds. The molecular weight excluding hydrogens is 269 g/mol. The number of halogens is 1. The van der Waals surface area contributed by atoms with Crippen LogP contribution in [0.15, 0.2) is 24.3 Å². The molecule has 3 N–H and O–H groups in total. The van der Waals surface area contributed by atoms with Crippen molar-refractivity contribution in [3.8, 4) is 0 Å². The van der Waals surface area contributed by atoms with E-state index in [0.29, 0.717) is 12.2 Å². The van der Waals surface area contributed by atoms with Crippen LogP contribution in [0.4, 0.5) is 10.1 Å². The first-order valence-electron chi connectivity index (χ1n) is 7.66. The van der Waals surface area contributed by atoms with Gasteiger partial charge in [-0.25, -0.2) is 4.39 Å². The van der Waals surface area contributed by atoms with E-state index in [1.54, 1.807) is 13.0 Å². The highest BCUT2D eigenvalue weighted by atomic mass is 19.1. The third-order valence-corrected chi connectivity index (χ3v) is 4.19.